The summed E-state index contributed by atoms with van der Waals surface area (Å²) in [5.41, 5.74) is 0. The van der Waals surface area contributed by atoms with Crippen molar-refractivity contribution in [2.24, 2.45) is 0 Å². The van der Waals surface area contributed by atoms with E-state index in [0.717, 1.165) is 27.7 Å². The van der Waals surface area contributed by atoms with Gasteiger partial charge in [0.05, 0.1) is 0 Å². The second-order valence-electron chi connectivity index (χ2n) is 1.97. The van der Waals surface area contributed by atoms with E-state index in [1.54, 1.807) is 0 Å². The molecule has 0 aliphatic carbocycles. The molecule has 0 spiro atoms. The Morgan fingerprint density at radius 1 is 0.556 bits per heavy atom. The summed E-state index contributed by atoms with van der Waals surface area (Å²) in [6, 6.07) is 0. The molecule has 0 rings (SSSR count). The first kappa shape index (κ1) is 29.6. The van der Waals surface area contributed by atoms with Crippen molar-refractivity contribution in [3.63, 3.8) is 0 Å². The topological polar surface area (TPSA) is 161 Å². The van der Waals surface area contributed by atoms with E-state index in [2.05, 4.69) is 13.2 Å². The van der Waals surface area contributed by atoms with E-state index < -0.39 is 23.9 Å². The number of hydrogen-bond donors (Lipinski definition) is 0. The summed E-state index contributed by atoms with van der Waals surface area (Å²) in [5, 5.41) is 35.6. The SMILES string of the molecule is C=C.CC(=O)[O-].CC(=O)[O-].CC(=O)[O-].CC(=O)[O-]. The van der Waals surface area contributed by atoms with Gasteiger partial charge in [0, 0.05) is 23.9 Å². The third kappa shape index (κ3) is 383. The monoisotopic (exact) mass is 264 g/mol. The molecular weight excluding hydrogens is 248 g/mol. The number of carboxylic acids is 4. The number of carboxylic acid groups (broad SMARTS) is 4. The number of carbonyl (C=O) groups excluding carboxylic acids is 4. The van der Waals surface area contributed by atoms with E-state index in [4.69, 9.17) is 39.6 Å². The first-order valence-corrected chi connectivity index (χ1v) is 4.13. The highest BCUT2D eigenvalue weighted by atomic mass is 16.4. The van der Waals surface area contributed by atoms with Gasteiger partial charge < -0.3 is 39.6 Å². The number of rotatable bonds is 0. The van der Waals surface area contributed by atoms with Gasteiger partial charge in [0.15, 0.2) is 0 Å². The van der Waals surface area contributed by atoms with Gasteiger partial charge in [-0.25, -0.2) is 0 Å². The lowest BCUT2D eigenvalue weighted by Crippen LogP contribution is -2.16. The van der Waals surface area contributed by atoms with Crippen LogP contribution in [0, 0.1) is 0 Å². The van der Waals surface area contributed by atoms with Crippen LogP contribution >= 0.6 is 0 Å². The molecule has 0 radical (unpaired) electrons. The van der Waals surface area contributed by atoms with E-state index in [1.165, 1.54) is 0 Å². The predicted octanol–water partition coefficient (Wildman–Crippen LogP) is -4.17. The van der Waals surface area contributed by atoms with Gasteiger partial charge in [0.25, 0.3) is 0 Å². The highest BCUT2D eigenvalue weighted by Crippen LogP contribution is 1.32. The maximum atomic E-state index is 8.89. The molecule has 0 aromatic rings. The summed E-state index contributed by atoms with van der Waals surface area (Å²) in [7, 11) is 0. The number of hydrogen-bond acceptors (Lipinski definition) is 8. The van der Waals surface area contributed by atoms with Crippen molar-refractivity contribution >= 4 is 23.9 Å². The standard InChI is InChI=1S/4C2H4O2.C2H4/c4*1-2(3)4;1-2/h4*1H3,(H,3,4);1-2H2/p-4. The predicted molar refractivity (Wildman–Crippen MR) is 54.0 cm³/mol. The van der Waals surface area contributed by atoms with Gasteiger partial charge in [-0.2, -0.15) is 0 Å². The van der Waals surface area contributed by atoms with Crippen molar-refractivity contribution in [3.8, 4) is 0 Å². The lowest BCUT2D eigenvalue weighted by molar-refractivity contribution is -0.303. The summed E-state index contributed by atoms with van der Waals surface area (Å²) in [4.78, 5) is 35.6. The Morgan fingerprint density at radius 3 is 0.556 bits per heavy atom. The minimum absolute atomic E-state index is 0.972. The van der Waals surface area contributed by atoms with Crippen LogP contribution in [0.2, 0.25) is 0 Å². The fourth-order valence-corrected chi connectivity index (χ4v) is 0. The molecule has 18 heavy (non-hydrogen) atoms. The molecule has 8 heteroatoms. The molecule has 0 fully saturated rings. The summed E-state index contributed by atoms with van der Waals surface area (Å²) in [5.74, 6) is -4.33. The number of carbonyl (C=O) groups is 4. The van der Waals surface area contributed by atoms with Crippen LogP contribution in [0.25, 0.3) is 0 Å². The van der Waals surface area contributed by atoms with Gasteiger partial charge in [-0.3, -0.25) is 0 Å². The highest BCUT2D eigenvalue weighted by Gasteiger charge is 1.47. The van der Waals surface area contributed by atoms with Crippen molar-refractivity contribution in [2.45, 2.75) is 27.7 Å². The van der Waals surface area contributed by atoms with Crippen molar-refractivity contribution < 1.29 is 39.6 Å². The molecule has 0 amide bonds. The molecule has 0 bridgehead atoms. The molecule has 0 aromatic carbocycles. The van der Waals surface area contributed by atoms with Gasteiger partial charge in [0.2, 0.25) is 0 Å². The Labute approximate surface area is 105 Å². The van der Waals surface area contributed by atoms with Gasteiger partial charge in [0.1, 0.15) is 0 Å². The zero-order chi connectivity index (χ0) is 16.3. The maximum Gasteiger partial charge on any atom is 0.0383 e. The van der Waals surface area contributed by atoms with E-state index in [0.29, 0.717) is 0 Å². The van der Waals surface area contributed by atoms with Crippen LogP contribution in [0.5, 0.6) is 0 Å². The Hall–Kier alpha value is -2.38. The van der Waals surface area contributed by atoms with Gasteiger partial charge >= 0.3 is 0 Å². The van der Waals surface area contributed by atoms with Crippen LogP contribution in [0.1, 0.15) is 27.7 Å². The molecule has 8 nitrogen and oxygen atoms in total. The summed E-state index contributed by atoms with van der Waals surface area (Å²) >= 11 is 0. The van der Waals surface area contributed by atoms with Gasteiger partial charge in [-0.05, 0) is 27.7 Å². The van der Waals surface area contributed by atoms with Crippen molar-refractivity contribution in [1.82, 2.24) is 0 Å². The van der Waals surface area contributed by atoms with Gasteiger partial charge in [-0.1, -0.05) is 0 Å². The highest BCUT2D eigenvalue weighted by molar-refractivity contribution is 5.61. The first-order chi connectivity index (χ1) is 7.93. The lowest BCUT2D eigenvalue weighted by Gasteiger charge is -1.77. The molecule has 0 unspecified atom stereocenters. The lowest BCUT2D eigenvalue weighted by atomic mass is 10.9. The Morgan fingerprint density at radius 2 is 0.556 bits per heavy atom. The van der Waals surface area contributed by atoms with Crippen molar-refractivity contribution in [1.29, 1.82) is 0 Å². The van der Waals surface area contributed by atoms with Crippen LogP contribution in [-0.4, -0.2) is 23.9 Å². The summed E-state index contributed by atoms with van der Waals surface area (Å²) < 4.78 is 0. The molecule has 0 saturated carbocycles. The maximum absolute atomic E-state index is 8.89. The zero-order valence-electron chi connectivity index (χ0n) is 10.7. The molecule has 0 saturated heterocycles. The molecule has 0 N–H and O–H groups in total. The molecule has 0 aliphatic rings. The fraction of sp³-hybridized carbons (Fsp3) is 0.400. The smallest absolute Gasteiger partial charge is 0.0383 e. The summed E-state index contributed by atoms with van der Waals surface area (Å²) in [6.45, 7) is 9.89. The average molecular weight is 264 g/mol. The fourth-order valence-electron chi connectivity index (χ4n) is 0. The van der Waals surface area contributed by atoms with E-state index >= 15 is 0 Å². The Bertz CT molecular complexity index is 170. The quantitative estimate of drug-likeness (QED) is 0.398. The first-order valence-electron chi connectivity index (χ1n) is 4.13. The molecule has 0 heterocycles. The molecule has 0 aliphatic heterocycles. The van der Waals surface area contributed by atoms with E-state index in [1.807, 2.05) is 0 Å². The minimum Gasteiger partial charge on any atom is -0.550 e. The van der Waals surface area contributed by atoms with E-state index in [-0.39, 0.29) is 0 Å². The van der Waals surface area contributed by atoms with Crippen LogP contribution in [-0.2, 0) is 19.2 Å². The average Bonchev–Trinajstić information content (AvgIpc) is 2.01. The van der Waals surface area contributed by atoms with Crippen molar-refractivity contribution in [2.75, 3.05) is 0 Å². The third-order valence-electron chi connectivity index (χ3n) is 0. The summed E-state index contributed by atoms with van der Waals surface area (Å²) in [6.07, 6.45) is 0. The van der Waals surface area contributed by atoms with Gasteiger partial charge in [-0.15, -0.1) is 13.2 Å². The Balaban J connectivity index is -0.0000000399. The zero-order valence-corrected chi connectivity index (χ0v) is 10.7. The second-order valence-corrected chi connectivity index (χ2v) is 1.97. The minimum atomic E-state index is -1.08. The van der Waals surface area contributed by atoms with Crippen molar-refractivity contribution in [3.05, 3.63) is 13.2 Å². The number of aliphatic carboxylic acids is 4. The third-order valence-corrected chi connectivity index (χ3v) is 0. The second kappa shape index (κ2) is 29.3. The van der Waals surface area contributed by atoms with Crippen LogP contribution in [0.4, 0.5) is 0 Å². The Kier molecular flexibility index (Phi) is 48.2. The van der Waals surface area contributed by atoms with Crippen LogP contribution in [0.3, 0.4) is 0 Å². The molecule has 0 atom stereocenters. The largest absolute Gasteiger partial charge is 0.550 e. The molecule has 108 valence electrons. The normalized spacial score (nSPS) is 5.78. The van der Waals surface area contributed by atoms with E-state index in [9.17, 15) is 0 Å². The van der Waals surface area contributed by atoms with Crippen LogP contribution < -0.4 is 20.4 Å². The van der Waals surface area contributed by atoms with Crippen LogP contribution in [0.15, 0.2) is 13.2 Å². The molecular formula is C10H16O8-4. The molecule has 0 aromatic heterocycles.